The van der Waals surface area contributed by atoms with Crippen LogP contribution in [-0.2, 0) is 6.54 Å². The zero-order chi connectivity index (χ0) is 11.4. The maximum absolute atomic E-state index is 6.01. The Labute approximate surface area is 97.0 Å². The van der Waals surface area contributed by atoms with Gasteiger partial charge in [-0.1, -0.05) is 18.6 Å². The van der Waals surface area contributed by atoms with Gasteiger partial charge in [0.1, 0.15) is 5.75 Å². The third-order valence-electron chi connectivity index (χ3n) is 3.30. The molecular formula is C13H20N2O. The van der Waals surface area contributed by atoms with Gasteiger partial charge in [-0.25, -0.2) is 0 Å². The van der Waals surface area contributed by atoms with Crippen LogP contribution in [0.5, 0.6) is 5.75 Å². The number of methoxy groups -OCH3 is 1. The fourth-order valence-electron chi connectivity index (χ4n) is 2.23. The highest BCUT2D eigenvalue weighted by Gasteiger charge is 2.22. The summed E-state index contributed by atoms with van der Waals surface area (Å²) < 4.78 is 5.12. The maximum Gasteiger partial charge on any atom is 0.118 e. The number of rotatable bonds is 4. The van der Waals surface area contributed by atoms with Crippen LogP contribution in [0.4, 0.5) is 0 Å². The minimum absolute atomic E-state index is 0.332. The van der Waals surface area contributed by atoms with Crippen molar-refractivity contribution in [1.82, 2.24) is 5.32 Å². The molecule has 0 aromatic heterocycles. The van der Waals surface area contributed by atoms with Crippen molar-refractivity contribution < 1.29 is 4.74 Å². The first-order chi connectivity index (χ1) is 7.79. The van der Waals surface area contributed by atoms with Crippen LogP contribution in [0.1, 0.15) is 24.8 Å². The Morgan fingerprint density at radius 3 is 2.62 bits per heavy atom. The number of benzene rings is 1. The number of nitrogens with one attached hydrogen (secondary N) is 1. The highest BCUT2D eigenvalue weighted by atomic mass is 16.5. The minimum Gasteiger partial charge on any atom is -0.497 e. The van der Waals surface area contributed by atoms with Gasteiger partial charge in [0.2, 0.25) is 0 Å². The smallest absolute Gasteiger partial charge is 0.118 e. The second-order valence-corrected chi connectivity index (χ2v) is 4.43. The van der Waals surface area contributed by atoms with Crippen molar-refractivity contribution in [2.75, 3.05) is 7.11 Å². The Hall–Kier alpha value is -1.06. The lowest BCUT2D eigenvalue weighted by molar-refractivity contribution is 0.414. The van der Waals surface area contributed by atoms with Crippen molar-refractivity contribution in [1.29, 1.82) is 0 Å². The first-order valence-electron chi connectivity index (χ1n) is 5.91. The van der Waals surface area contributed by atoms with E-state index in [2.05, 4.69) is 17.4 Å². The van der Waals surface area contributed by atoms with Gasteiger partial charge in [-0.05, 0) is 30.5 Å². The average Bonchev–Trinajstić information content (AvgIpc) is 2.73. The molecule has 3 heteroatoms. The van der Waals surface area contributed by atoms with E-state index in [0.29, 0.717) is 12.1 Å². The quantitative estimate of drug-likeness (QED) is 0.811. The van der Waals surface area contributed by atoms with Gasteiger partial charge >= 0.3 is 0 Å². The Bertz CT molecular complexity index is 323. The van der Waals surface area contributed by atoms with Crippen molar-refractivity contribution in [3.63, 3.8) is 0 Å². The van der Waals surface area contributed by atoms with Crippen LogP contribution in [0.3, 0.4) is 0 Å². The number of hydrogen-bond acceptors (Lipinski definition) is 3. The van der Waals surface area contributed by atoms with Crippen LogP contribution in [0.25, 0.3) is 0 Å². The summed E-state index contributed by atoms with van der Waals surface area (Å²) in [7, 11) is 1.69. The Kier molecular flexibility index (Phi) is 3.80. The minimum atomic E-state index is 0.332. The summed E-state index contributed by atoms with van der Waals surface area (Å²) in [5, 5.41) is 3.52. The van der Waals surface area contributed by atoms with E-state index in [1.165, 1.54) is 18.4 Å². The lowest BCUT2D eigenvalue weighted by Gasteiger charge is -2.17. The maximum atomic E-state index is 6.01. The van der Waals surface area contributed by atoms with Gasteiger partial charge in [-0.2, -0.15) is 0 Å². The van der Waals surface area contributed by atoms with E-state index >= 15 is 0 Å². The van der Waals surface area contributed by atoms with Gasteiger partial charge < -0.3 is 15.8 Å². The van der Waals surface area contributed by atoms with Gasteiger partial charge in [0.25, 0.3) is 0 Å². The summed E-state index contributed by atoms with van der Waals surface area (Å²) in [5.41, 5.74) is 7.28. The van der Waals surface area contributed by atoms with E-state index in [0.717, 1.165) is 18.7 Å². The molecule has 3 N–H and O–H groups in total. The molecule has 1 aliphatic carbocycles. The molecule has 0 amide bonds. The largest absolute Gasteiger partial charge is 0.497 e. The van der Waals surface area contributed by atoms with Crippen molar-refractivity contribution in [2.24, 2.45) is 5.73 Å². The predicted octanol–water partition coefficient (Wildman–Crippen LogP) is 1.66. The zero-order valence-corrected chi connectivity index (χ0v) is 9.78. The summed E-state index contributed by atoms with van der Waals surface area (Å²) in [6.45, 7) is 0.891. The second kappa shape index (κ2) is 5.32. The third kappa shape index (κ3) is 2.74. The summed E-state index contributed by atoms with van der Waals surface area (Å²) in [6, 6.07) is 8.98. The summed E-state index contributed by atoms with van der Waals surface area (Å²) in [6.07, 6.45) is 3.61. The van der Waals surface area contributed by atoms with Crippen LogP contribution < -0.4 is 15.8 Å². The van der Waals surface area contributed by atoms with Gasteiger partial charge in [-0.15, -0.1) is 0 Å². The van der Waals surface area contributed by atoms with E-state index in [1.807, 2.05) is 12.1 Å². The fraction of sp³-hybridized carbons (Fsp3) is 0.538. The monoisotopic (exact) mass is 220 g/mol. The normalized spacial score (nSPS) is 24.6. The summed E-state index contributed by atoms with van der Waals surface area (Å²) >= 11 is 0. The molecule has 1 saturated carbocycles. The second-order valence-electron chi connectivity index (χ2n) is 4.43. The molecule has 1 aromatic rings. The molecule has 88 valence electrons. The van der Waals surface area contributed by atoms with Gasteiger partial charge in [0.15, 0.2) is 0 Å². The molecule has 0 radical (unpaired) electrons. The Balaban J connectivity index is 1.84. The van der Waals surface area contributed by atoms with Crippen LogP contribution in [0, 0.1) is 0 Å². The van der Waals surface area contributed by atoms with Crippen LogP contribution in [0.2, 0.25) is 0 Å². The molecule has 16 heavy (non-hydrogen) atoms. The topological polar surface area (TPSA) is 47.3 Å². The zero-order valence-electron chi connectivity index (χ0n) is 9.78. The first kappa shape index (κ1) is 11.4. The Morgan fingerprint density at radius 2 is 2.06 bits per heavy atom. The SMILES string of the molecule is COc1ccc(CN[C@@H]2CCC[C@H]2N)cc1. The van der Waals surface area contributed by atoms with Crippen molar-refractivity contribution >= 4 is 0 Å². The predicted molar refractivity (Wildman–Crippen MR) is 65.4 cm³/mol. The standard InChI is InChI=1S/C13H20N2O/c1-16-11-7-5-10(6-8-11)9-15-13-4-2-3-12(13)14/h5-8,12-13,15H,2-4,9,14H2,1H3/t12-,13-/m1/s1. The molecule has 1 aliphatic rings. The lowest BCUT2D eigenvalue weighted by atomic mass is 10.1. The third-order valence-corrected chi connectivity index (χ3v) is 3.30. The lowest BCUT2D eigenvalue weighted by Crippen LogP contribution is -2.40. The van der Waals surface area contributed by atoms with Crippen molar-refractivity contribution in [2.45, 2.75) is 37.9 Å². The Morgan fingerprint density at radius 1 is 1.31 bits per heavy atom. The van der Waals surface area contributed by atoms with Gasteiger partial charge in [-0.3, -0.25) is 0 Å². The van der Waals surface area contributed by atoms with Gasteiger partial charge in [0, 0.05) is 18.6 Å². The van der Waals surface area contributed by atoms with E-state index in [9.17, 15) is 0 Å². The van der Waals surface area contributed by atoms with Crippen molar-refractivity contribution in [3.8, 4) is 5.75 Å². The number of hydrogen-bond donors (Lipinski definition) is 2. The average molecular weight is 220 g/mol. The highest BCUT2D eigenvalue weighted by molar-refractivity contribution is 5.27. The molecule has 1 fully saturated rings. The van der Waals surface area contributed by atoms with Gasteiger partial charge in [0.05, 0.1) is 7.11 Å². The molecular weight excluding hydrogens is 200 g/mol. The van der Waals surface area contributed by atoms with E-state index in [4.69, 9.17) is 10.5 Å². The van der Waals surface area contributed by atoms with E-state index in [-0.39, 0.29) is 0 Å². The number of ether oxygens (including phenoxy) is 1. The van der Waals surface area contributed by atoms with Crippen LogP contribution in [0.15, 0.2) is 24.3 Å². The van der Waals surface area contributed by atoms with Crippen LogP contribution >= 0.6 is 0 Å². The first-order valence-corrected chi connectivity index (χ1v) is 5.91. The van der Waals surface area contributed by atoms with Crippen molar-refractivity contribution in [3.05, 3.63) is 29.8 Å². The molecule has 2 rings (SSSR count). The molecule has 0 aliphatic heterocycles. The van der Waals surface area contributed by atoms with E-state index < -0.39 is 0 Å². The molecule has 1 aromatic carbocycles. The molecule has 0 heterocycles. The highest BCUT2D eigenvalue weighted by Crippen LogP contribution is 2.18. The molecule has 0 bridgehead atoms. The molecule has 2 atom stereocenters. The molecule has 0 unspecified atom stereocenters. The van der Waals surface area contributed by atoms with E-state index in [1.54, 1.807) is 7.11 Å². The molecule has 0 saturated heterocycles. The number of nitrogens with two attached hydrogens (primary N) is 1. The molecule has 3 nitrogen and oxygen atoms in total. The molecule has 0 spiro atoms. The summed E-state index contributed by atoms with van der Waals surface area (Å²) in [5.74, 6) is 0.904. The fourth-order valence-corrected chi connectivity index (χ4v) is 2.23. The summed E-state index contributed by atoms with van der Waals surface area (Å²) in [4.78, 5) is 0. The van der Waals surface area contributed by atoms with Crippen LogP contribution in [-0.4, -0.2) is 19.2 Å².